The average molecular weight is 494 g/mol. The molecule has 3 aromatic rings. The van der Waals surface area contributed by atoms with Crippen LogP contribution in [0.4, 0.5) is 11.4 Å². The van der Waals surface area contributed by atoms with Gasteiger partial charge in [-0.2, -0.15) is 4.98 Å². The largest absolute Gasteiger partial charge is 0.497 e. The number of nitrogens with zero attached hydrogens (tertiary/aromatic N) is 4. The van der Waals surface area contributed by atoms with E-state index in [4.69, 9.17) is 14.0 Å². The summed E-state index contributed by atoms with van der Waals surface area (Å²) in [5.74, 6) is 1.34. The van der Waals surface area contributed by atoms with Gasteiger partial charge < -0.3 is 29.1 Å². The quantitative estimate of drug-likeness (QED) is 0.459. The van der Waals surface area contributed by atoms with Crippen LogP contribution in [0.2, 0.25) is 0 Å². The van der Waals surface area contributed by atoms with Gasteiger partial charge in [-0.05, 0) is 55.0 Å². The summed E-state index contributed by atoms with van der Waals surface area (Å²) in [7, 11) is 3.23. The van der Waals surface area contributed by atoms with Gasteiger partial charge in [-0.25, -0.2) is 0 Å². The van der Waals surface area contributed by atoms with Crippen molar-refractivity contribution in [1.82, 2.24) is 15.0 Å². The molecule has 10 nitrogen and oxygen atoms in total. The molecule has 1 aromatic heterocycles. The van der Waals surface area contributed by atoms with Crippen molar-refractivity contribution in [3.05, 3.63) is 54.4 Å². The van der Waals surface area contributed by atoms with Gasteiger partial charge in [-0.3, -0.25) is 9.59 Å². The minimum atomic E-state index is -0.244. The number of hydrogen-bond donors (Lipinski definition) is 1. The molecule has 10 heteroatoms. The van der Waals surface area contributed by atoms with Crippen LogP contribution in [0.25, 0.3) is 11.4 Å². The first-order chi connectivity index (χ1) is 17.5. The number of carbonyl (C=O) groups excluding carboxylic acids is 2. The van der Waals surface area contributed by atoms with Gasteiger partial charge in [-0.1, -0.05) is 5.16 Å². The molecule has 1 N–H and O–H groups in total. The Hall–Kier alpha value is -3.92. The Morgan fingerprint density at radius 3 is 2.50 bits per heavy atom. The van der Waals surface area contributed by atoms with Crippen LogP contribution in [-0.2, 0) is 20.7 Å². The van der Waals surface area contributed by atoms with Crippen molar-refractivity contribution in [2.45, 2.75) is 19.3 Å². The Labute approximate surface area is 210 Å². The maximum absolute atomic E-state index is 12.5. The molecule has 0 saturated carbocycles. The molecule has 0 radical (unpaired) electrons. The molecular weight excluding hydrogens is 462 g/mol. The number of nitrogens with one attached hydrogen (secondary N) is 1. The van der Waals surface area contributed by atoms with E-state index in [1.807, 2.05) is 48.5 Å². The fourth-order valence-electron chi connectivity index (χ4n) is 3.88. The maximum atomic E-state index is 12.5. The van der Waals surface area contributed by atoms with Crippen LogP contribution < -0.4 is 15.0 Å². The molecule has 2 amide bonds. The molecule has 1 aliphatic heterocycles. The monoisotopic (exact) mass is 493 g/mol. The van der Waals surface area contributed by atoms with Gasteiger partial charge in [0.1, 0.15) is 5.75 Å². The summed E-state index contributed by atoms with van der Waals surface area (Å²) in [6.45, 7) is 3.13. The van der Waals surface area contributed by atoms with E-state index in [2.05, 4.69) is 20.4 Å². The summed E-state index contributed by atoms with van der Waals surface area (Å²) in [6.07, 6.45) is 1.29. The van der Waals surface area contributed by atoms with Gasteiger partial charge in [-0.15, -0.1) is 0 Å². The van der Waals surface area contributed by atoms with Crippen molar-refractivity contribution < 1.29 is 23.6 Å². The summed E-state index contributed by atoms with van der Waals surface area (Å²) < 4.78 is 15.8. The number of likely N-dealkylation sites (N-methyl/N-ethyl adjacent to an activating group) is 1. The standard InChI is InChI=1S/C26H31N5O5/c1-30(18-23(32)27-20-8-10-21(11-9-20)31-14-16-35-17-15-31)25(33)5-3-4-24-28-26(29-36-24)19-6-12-22(34-2)13-7-19/h6-13H,3-5,14-18H2,1-2H3,(H,27,32). The Morgan fingerprint density at radius 2 is 1.81 bits per heavy atom. The third kappa shape index (κ3) is 6.82. The molecule has 190 valence electrons. The second-order valence-electron chi connectivity index (χ2n) is 8.54. The van der Waals surface area contributed by atoms with Gasteiger partial charge in [0.15, 0.2) is 0 Å². The van der Waals surface area contributed by atoms with Gasteiger partial charge in [0.25, 0.3) is 0 Å². The lowest BCUT2D eigenvalue weighted by Crippen LogP contribution is -2.36. The number of aryl methyl sites for hydroxylation is 1. The van der Waals surface area contributed by atoms with Crippen LogP contribution in [-0.4, -0.2) is 73.9 Å². The van der Waals surface area contributed by atoms with Gasteiger partial charge in [0.2, 0.25) is 23.5 Å². The van der Waals surface area contributed by atoms with E-state index < -0.39 is 0 Å². The molecule has 0 spiro atoms. The number of carbonyl (C=O) groups is 2. The Bertz CT molecular complexity index is 1140. The van der Waals surface area contributed by atoms with Crippen LogP contribution >= 0.6 is 0 Å². The van der Waals surface area contributed by atoms with E-state index in [1.165, 1.54) is 4.90 Å². The van der Waals surface area contributed by atoms with Crippen molar-refractivity contribution >= 4 is 23.2 Å². The topological polar surface area (TPSA) is 110 Å². The number of methoxy groups -OCH3 is 1. The molecule has 1 aliphatic rings. The lowest BCUT2D eigenvalue weighted by atomic mass is 10.2. The average Bonchev–Trinajstić information content (AvgIpc) is 3.38. The molecule has 0 unspecified atom stereocenters. The maximum Gasteiger partial charge on any atom is 0.243 e. The highest BCUT2D eigenvalue weighted by Crippen LogP contribution is 2.21. The van der Waals surface area contributed by atoms with Gasteiger partial charge in [0.05, 0.1) is 26.9 Å². The van der Waals surface area contributed by atoms with Crippen molar-refractivity contribution in [3.8, 4) is 17.1 Å². The zero-order valence-corrected chi connectivity index (χ0v) is 20.6. The Morgan fingerprint density at radius 1 is 1.08 bits per heavy atom. The second kappa shape index (κ2) is 12.2. The normalized spacial score (nSPS) is 13.3. The molecular formula is C26H31N5O5. The van der Waals surface area contributed by atoms with E-state index in [-0.39, 0.29) is 24.8 Å². The summed E-state index contributed by atoms with van der Waals surface area (Å²) in [5.41, 5.74) is 2.62. The first-order valence-electron chi connectivity index (χ1n) is 12.0. The molecule has 2 heterocycles. The fourth-order valence-corrected chi connectivity index (χ4v) is 3.88. The lowest BCUT2D eigenvalue weighted by molar-refractivity contribution is -0.133. The third-order valence-corrected chi connectivity index (χ3v) is 5.93. The summed E-state index contributed by atoms with van der Waals surface area (Å²) in [6, 6.07) is 15.1. The molecule has 1 saturated heterocycles. The first-order valence-corrected chi connectivity index (χ1v) is 12.0. The first kappa shape index (κ1) is 25.2. The predicted molar refractivity (Wildman–Crippen MR) is 135 cm³/mol. The number of rotatable bonds is 10. The van der Waals surface area contributed by atoms with Crippen LogP contribution in [0.1, 0.15) is 18.7 Å². The van der Waals surface area contributed by atoms with Crippen LogP contribution in [0.15, 0.2) is 53.1 Å². The van der Waals surface area contributed by atoms with Crippen LogP contribution in [0.3, 0.4) is 0 Å². The van der Waals surface area contributed by atoms with Crippen molar-refractivity contribution in [2.75, 3.05) is 57.2 Å². The number of ether oxygens (including phenoxy) is 2. The fraction of sp³-hybridized carbons (Fsp3) is 0.385. The number of morpholine rings is 1. The van der Waals surface area contributed by atoms with Gasteiger partial charge in [0, 0.05) is 49.9 Å². The number of anilines is 2. The highest BCUT2D eigenvalue weighted by molar-refractivity contribution is 5.94. The van der Waals surface area contributed by atoms with Crippen molar-refractivity contribution in [1.29, 1.82) is 0 Å². The lowest BCUT2D eigenvalue weighted by Gasteiger charge is -2.28. The number of aromatic nitrogens is 2. The molecule has 0 atom stereocenters. The second-order valence-corrected chi connectivity index (χ2v) is 8.54. The zero-order valence-electron chi connectivity index (χ0n) is 20.6. The summed E-state index contributed by atoms with van der Waals surface area (Å²) in [4.78, 5) is 33.0. The smallest absolute Gasteiger partial charge is 0.243 e. The van der Waals surface area contributed by atoms with E-state index in [9.17, 15) is 9.59 Å². The SMILES string of the molecule is COc1ccc(-c2noc(CCCC(=O)N(C)CC(=O)Nc3ccc(N4CCOCC4)cc3)n2)cc1. The van der Waals surface area contributed by atoms with E-state index in [1.54, 1.807) is 14.2 Å². The molecule has 4 rings (SSSR count). The molecule has 0 bridgehead atoms. The molecule has 2 aromatic carbocycles. The summed E-state index contributed by atoms with van der Waals surface area (Å²) in [5, 5.41) is 6.85. The van der Waals surface area contributed by atoms with Crippen LogP contribution in [0, 0.1) is 0 Å². The predicted octanol–water partition coefficient (Wildman–Crippen LogP) is 3.00. The minimum absolute atomic E-state index is 0.0216. The number of benzene rings is 2. The zero-order chi connectivity index (χ0) is 25.3. The third-order valence-electron chi connectivity index (χ3n) is 5.93. The summed E-state index contributed by atoms with van der Waals surface area (Å²) >= 11 is 0. The Balaban J connectivity index is 1.18. The highest BCUT2D eigenvalue weighted by atomic mass is 16.5. The molecule has 1 fully saturated rings. The van der Waals surface area contributed by atoms with Gasteiger partial charge >= 0.3 is 0 Å². The van der Waals surface area contributed by atoms with E-state index in [0.29, 0.717) is 30.2 Å². The number of hydrogen-bond acceptors (Lipinski definition) is 8. The molecule has 0 aliphatic carbocycles. The minimum Gasteiger partial charge on any atom is -0.497 e. The van der Waals surface area contributed by atoms with Crippen LogP contribution in [0.5, 0.6) is 5.75 Å². The molecule has 36 heavy (non-hydrogen) atoms. The highest BCUT2D eigenvalue weighted by Gasteiger charge is 2.15. The van der Waals surface area contributed by atoms with E-state index >= 15 is 0 Å². The van der Waals surface area contributed by atoms with Crippen molar-refractivity contribution in [3.63, 3.8) is 0 Å². The van der Waals surface area contributed by atoms with E-state index in [0.717, 1.165) is 43.3 Å². The Kier molecular flexibility index (Phi) is 8.51. The number of amides is 2. The van der Waals surface area contributed by atoms with Crippen molar-refractivity contribution in [2.24, 2.45) is 0 Å².